The van der Waals surface area contributed by atoms with Gasteiger partial charge < -0.3 is 4.42 Å². The van der Waals surface area contributed by atoms with Crippen LogP contribution in [0.15, 0.2) is 77.6 Å². The average molecular weight is 434 g/mol. The van der Waals surface area contributed by atoms with Gasteiger partial charge in [0.25, 0.3) is 0 Å². The monoisotopic (exact) mass is 433 g/mol. The van der Waals surface area contributed by atoms with Gasteiger partial charge in [0, 0.05) is 35.9 Å². The van der Waals surface area contributed by atoms with E-state index in [0.29, 0.717) is 29.4 Å². The second-order valence-corrected chi connectivity index (χ2v) is 8.61. The zero-order valence-corrected chi connectivity index (χ0v) is 18.4. The van der Waals surface area contributed by atoms with Crippen LogP contribution in [0.1, 0.15) is 65.3 Å². The van der Waals surface area contributed by atoms with Crippen LogP contribution in [0.2, 0.25) is 0 Å². The normalized spacial score (nSPS) is 13.9. The fraction of sp³-hybridized carbons (Fsp3) is 0.214. The van der Waals surface area contributed by atoms with Crippen LogP contribution in [0.5, 0.6) is 0 Å². The van der Waals surface area contributed by atoms with Crippen molar-refractivity contribution in [3.8, 4) is 28.7 Å². The molecule has 0 spiro atoms. The molecule has 33 heavy (non-hydrogen) atoms. The first-order valence-electron chi connectivity index (χ1n) is 11.2. The molecule has 1 fully saturated rings. The molecule has 2 aromatic heterocycles. The molecule has 0 saturated heterocycles. The maximum absolute atomic E-state index is 13.3. The Kier molecular flexibility index (Phi) is 5.58. The van der Waals surface area contributed by atoms with Crippen molar-refractivity contribution in [1.29, 1.82) is 5.26 Å². The largest absolute Gasteiger partial charge is 0.441 e. The van der Waals surface area contributed by atoms with E-state index in [4.69, 9.17) is 4.42 Å². The molecule has 0 amide bonds. The minimum absolute atomic E-state index is 0.0258. The number of ketones is 1. The van der Waals surface area contributed by atoms with Crippen molar-refractivity contribution < 1.29 is 9.21 Å². The topological polar surface area (TPSA) is 79.8 Å². The highest BCUT2D eigenvalue weighted by molar-refractivity contribution is 5.99. The van der Waals surface area contributed by atoms with E-state index in [2.05, 4.69) is 16.0 Å². The molecule has 0 radical (unpaired) electrons. The van der Waals surface area contributed by atoms with E-state index < -0.39 is 0 Å². The van der Waals surface area contributed by atoms with E-state index in [1.54, 1.807) is 24.7 Å². The van der Waals surface area contributed by atoms with Crippen LogP contribution < -0.4 is 0 Å². The van der Waals surface area contributed by atoms with Gasteiger partial charge >= 0.3 is 0 Å². The van der Waals surface area contributed by atoms with E-state index in [1.165, 1.54) is 0 Å². The van der Waals surface area contributed by atoms with Crippen LogP contribution in [0, 0.1) is 11.3 Å². The minimum Gasteiger partial charge on any atom is -0.441 e. The Morgan fingerprint density at radius 2 is 1.94 bits per heavy atom. The standard InChI is InChI=1S/C28H23N3O2/c1-18(21-6-4-10-30-16-21)11-26(32)23-12-22(25-7-3-2-5-20(25)15-29)13-24(14-23)28-31-17-27(33-28)19-8-9-19/h2-7,10,12-14,16-19H,8-9,11H2,1H3. The number of nitriles is 1. The first-order chi connectivity index (χ1) is 16.1. The maximum Gasteiger partial charge on any atom is 0.226 e. The van der Waals surface area contributed by atoms with Crippen molar-refractivity contribution in [3.05, 3.63) is 95.6 Å². The van der Waals surface area contributed by atoms with Crippen molar-refractivity contribution in [1.82, 2.24) is 9.97 Å². The third-order valence-corrected chi connectivity index (χ3v) is 6.11. The average Bonchev–Trinajstić information content (AvgIpc) is 3.60. The molecule has 4 aromatic rings. The van der Waals surface area contributed by atoms with E-state index in [-0.39, 0.29) is 11.7 Å². The highest BCUT2D eigenvalue weighted by atomic mass is 16.4. The van der Waals surface area contributed by atoms with E-state index in [1.807, 2.05) is 55.5 Å². The van der Waals surface area contributed by atoms with Crippen molar-refractivity contribution in [2.45, 2.75) is 38.0 Å². The highest BCUT2D eigenvalue weighted by Gasteiger charge is 2.28. The van der Waals surface area contributed by atoms with Gasteiger partial charge in [-0.2, -0.15) is 5.26 Å². The molecule has 5 rings (SSSR count). The molecule has 5 nitrogen and oxygen atoms in total. The van der Waals surface area contributed by atoms with Gasteiger partial charge in [-0.3, -0.25) is 9.78 Å². The number of pyridine rings is 1. The summed E-state index contributed by atoms with van der Waals surface area (Å²) in [6, 6.07) is 19.2. The van der Waals surface area contributed by atoms with Gasteiger partial charge in [-0.25, -0.2) is 4.98 Å². The smallest absolute Gasteiger partial charge is 0.226 e. The molecule has 0 N–H and O–H groups in total. The zero-order chi connectivity index (χ0) is 22.8. The zero-order valence-electron chi connectivity index (χ0n) is 18.4. The summed E-state index contributed by atoms with van der Waals surface area (Å²) in [5.74, 6) is 1.91. The Hall–Kier alpha value is -4.04. The fourth-order valence-corrected chi connectivity index (χ4v) is 4.06. The number of hydrogen-bond acceptors (Lipinski definition) is 5. The second kappa shape index (κ2) is 8.84. The number of oxazole rings is 1. The first kappa shape index (κ1) is 20.8. The van der Waals surface area contributed by atoms with Gasteiger partial charge in [0.1, 0.15) is 5.76 Å². The van der Waals surface area contributed by atoms with Crippen LogP contribution in [-0.2, 0) is 0 Å². The number of aromatic nitrogens is 2. The summed E-state index contributed by atoms with van der Waals surface area (Å²) >= 11 is 0. The van der Waals surface area contributed by atoms with E-state index in [9.17, 15) is 10.1 Å². The van der Waals surface area contributed by atoms with Crippen LogP contribution in [0.4, 0.5) is 0 Å². The fourth-order valence-electron chi connectivity index (χ4n) is 4.06. The maximum atomic E-state index is 13.3. The number of benzene rings is 2. The van der Waals surface area contributed by atoms with Gasteiger partial charge in [0.2, 0.25) is 5.89 Å². The lowest BCUT2D eigenvalue weighted by atomic mass is 9.91. The predicted molar refractivity (Wildman–Crippen MR) is 126 cm³/mol. The van der Waals surface area contributed by atoms with Gasteiger partial charge in [0.15, 0.2) is 5.78 Å². The predicted octanol–water partition coefficient (Wildman–Crippen LogP) is 6.53. The molecule has 162 valence electrons. The summed E-state index contributed by atoms with van der Waals surface area (Å²) in [7, 11) is 0. The number of nitrogens with zero attached hydrogens (tertiary/aromatic N) is 3. The third-order valence-electron chi connectivity index (χ3n) is 6.11. The summed E-state index contributed by atoms with van der Waals surface area (Å²) in [5.41, 5.74) is 4.49. The van der Waals surface area contributed by atoms with Crippen LogP contribution in [-0.4, -0.2) is 15.8 Å². The van der Waals surface area contributed by atoms with E-state index >= 15 is 0 Å². The summed E-state index contributed by atoms with van der Waals surface area (Å²) in [6.45, 7) is 2.03. The summed E-state index contributed by atoms with van der Waals surface area (Å²) in [4.78, 5) is 22.0. The summed E-state index contributed by atoms with van der Waals surface area (Å²) in [5, 5.41) is 9.61. The second-order valence-electron chi connectivity index (χ2n) is 8.61. The Bertz CT molecular complexity index is 1350. The summed E-state index contributed by atoms with van der Waals surface area (Å²) < 4.78 is 6.03. The Morgan fingerprint density at radius 1 is 1.12 bits per heavy atom. The number of carbonyl (C=O) groups excluding carboxylic acids is 1. The minimum atomic E-state index is 0.0258. The molecule has 0 bridgehead atoms. The van der Waals surface area contributed by atoms with Crippen molar-refractivity contribution in [2.75, 3.05) is 0 Å². The molecule has 1 saturated carbocycles. The molecule has 2 heterocycles. The molecule has 0 aliphatic heterocycles. The molecule has 2 aromatic carbocycles. The van der Waals surface area contributed by atoms with Crippen LogP contribution >= 0.6 is 0 Å². The SMILES string of the molecule is CC(CC(=O)c1cc(-c2ncc(C3CC3)o2)cc(-c2ccccc2C#N)c1)c1cccnc1. The van der Waals surface area contributed by atoms with Gasteiger partial charge in [-0.05, 0) is 65.8 Å². The molecule has 1 aliphatic carbocycles. The Balaban J connectivity index is 1.54. The highest BCUT2D eigenvalue weighted by Crippen LogP contribution is 2.41. The van der Waals surface area contributed by atoms with Crippen molar-refractivity contribution >= 4 is 5.78 Å². The molecular formula is C28H23N3O2. The van der Waals surface area contributed by atoms with Crippen molar-refractivity contribution in [3.63, 3.8) is 0 Å². The molecule has 5 heteroatoms. The number of Topliss-reactive ketones (excluding diaryl/α,β-unsaturated/α-hetero) is 1. The Labute approximate surface area is 192 Å². The van der Waals surface area contributed by atoms with Crippen LogP contribution in [0.25, 0.3) is 22.6 Å². The lowest BCUT2D eigenvalue weighted by molar-refractivity contribution is 0.0975. The lowest BCUT2D eigenvalue weighted by Gasteiger charge is -2.13. The van der Waals surface area contributed by atoms with Gasteiger partial charge in [0.05, 0.1) is 17.8 Å². The number of carbonyl (C=O) groups is 1. The Morgan fingerprint density at radius 3 is 2.70 bits per heavy atom. The van der Waals surface area contributed by atoms with E-state index in [0.717, 1.165) is 40.9 Å². The number of hydrogen-bond donors (Lipinski definition) is 0. The molecule has 1 unspecified atom stereocenters. The number of rotatable bonds is 7. The van der Waals surface area contributed by atoms with Crippen LogP contribution in [0.3, 0.4) is 0 Å². The van der Waals surface area contributed by atoms with Gasteiger partial charge in [-0.1, -0.05) is 31.2 Å². The third kappa shape index (κ3) is 4.47. The first-order valence-corrected chi connectivity index (χ1v) is 11.2. The molecular weight excluding hydrogens is 410 g/mol. The van der Waals surface area contributed by atoms with Gasteiger partial charge in [-0.15, -0.1) is 0 Å². The molecule has 1 aliphatic rings. The van der Waals surface area contributed by atoms with Crippen molar-refractivity contribution in [2.24, 2.45) is 0 Å². The quantitative estimate of drug-likeness (QED) is 0.310. The summed E-state index contributed by atoms with van der Waals surface area (Å²) in [6.07, 6.45) is 7.92. The molecule has 1 atom stereocenters. The lowest BCUT2D eigenvalue weighted by Crippen LogP contribution is -2.06.